The third-order valence-electron chi connectivity index (χ3n) is 7.58. The van der Waals surface area contributed by atoms with E-state index < -0.39 is 17.6 Å². The summed E-state index contributed by atoms with van der Waals surface area (Å²) in [6.07, 6.45) is 1.88. The van der Waals surface area contributed by atoms with Gasteiger partial charge in [0.1, 0.15) is 17.4 Å². The Morgan fingerprint density at radius 1 is 0.977 bits per heavy atom. The van der Waals surface area contributed by atoms with Gasteiger partial charge in [0, 0.05) is 55.9 Å². The molecule has 2 N–H and O–H groups in total. The average Bonchev–Trinajstić information content (AvgIpc) is 3.00. The molecule has 1 aliphatic heterocycles. The second-order valence-electron chi connectivity index (χ2n) is 11.3. The predicted octanol–water partition coefficient (Wildman–Crippen LogP) is 5.73. The number of piperidine rings is 1. The molecule has 2 aromatic heterocycles. The maximum absolute atomic E-state index is 13.8. The Kier molecular flexibility index (Phi) is 9.14. The van der Waals surface area contributed by atoms with Gasteiger partial charge in [-0.2, -0.15) is 13.2 Å². The minimum absolute atomic E-state index is 0.0512. The Balaban J connectivity index is 1.40. The van der Waals surface area contributed by atoms with Gasteiger partial charge >= 0.3 is 6.18 Å². The number of hydrogen-bond donors (Lipinski definition) is 2. The van der Waals surface area contributed by atoms with Gasteiger partial charge < -0.3 is 25.3 Å². The van der Waals surface area contributed by atoms with Crippen molar-refractivity contribution in [2.75, 3.05) is 67.8 Å². The smallest absolute Gasteiger partial charge is 0.373 e. The zero-order chi connectivity index (χ0) is 31.4. The number of amides is 1. The van der Waals surface area contributed by atoms with Gasteiger partial charge in [0.25, 0.3) is 5.91 Å². The normalized spacial score (nSPS) is 13.8. The number of carbonyl (C=O) groups is 1. The number of benzene rings is 2. The highest BCUT2D eigenvalue weighted by atomic mass is 19.4. The fraction of sp³-hybridized carbons (Fsp3) is 0.387. The van der Waals surface area contributed by atoms with Gasteiger partial charge in [-0.15, -0.1) is 0 Å². The summed E-state index contributed by atoms with van der Waals surface area (Å²) in [6, 6.07) is 8.61. The van der Waals surface area contributed by atoms with Crippen molar-refractivity contribution in [3.8, 4) is 0 Å². The quantitative estimate of drug-likeness (QED) is 0.247. The summed E-state index contributed by atoms with van der Waals surface area (Å²) in [4.78, 5) is 37.1. The predicted molar refractivity (Wildman–Crippen MR) is 167 cm³/mol. The van der Waals surface area contributed by atoms with Crippen LogP contribution in [0.1, 0.15) is 40.7 Å². The summed E-state index contributed by atoms with van der Waals surface area (Å²) in [5.41, 5.74) is 2.39. The number of halogens is 3. The molecule has 0 unspecified atom stereocenters. The maximum atomic E-state index is 13.8. The number of rotatable bonds is 9. The van der Waals surface area contributed by atoms with Gasteiger partial charge in [-0.3, -0.25) is 4.79 Å². The third-order valence-corrected chi connectivity index (χ3v) is 7.58. The molecule has 1 saturated heterocycles. The molecule has 0 saturated carbocycles. The molecule has 0 bridgehead atoms. The van der Waals surface area contributed by atoms with Crippen LogP contribution in [-0.4, -0.2) is 78.1 Å². The third kappa shape index (κ3) is 7.33. The molecule has 5 rings (SSSR count). The number of aryl methyl sites for hydroxylation is 1. The lowest BCUT2D eigenvalue weighted by molar-refractivity contribution is -0.137. The van der Waals surface area contributed by atoms with E-state index in [1.165, 1.54) is 12.7 Å². The number of likely N-dealkylation sites (N-methyl/N-ethyl adjacent to an activating group) is 2. The topological polar surface area (TPSA) is 102 Å². The molecular formula is C31H36F3N9O. The van der Waals surface area contributed by atoms with Gasteiger partial charge in [0.15, 0.2) is 5.82 Å². The molecule has 10 nitrogen and oxygen atoms in total. The van der Waals surface area contributed by atoms with Crippen LogP contribution in [0.25, 0.3) is 11.0 Å². The number of hydrogen-bond acceptors (Lipinski definition) is 9. The van der Waals surface area contributed by atoms with Crippen molar-refractivity contribution in [1.82, 2.24) is 24.8 Å². The van der Waals surface area contributed by atoms with Crippen molar-refractivity contribution in [1.29, 1.82) is 0 Å². The highest BCUT2D eigenvalue weighted by Gasteiger charge is 2.32. The van der Waals surface area contributed by atoms with Crippen LogP contribution in [0.2, 0.25) is 0 Å². The number of fused-ring (bicyclic) bond motifs is 1. The second-order valence-corrected chi connectivity index (χ2v) is 11.3. The zero-order valence-electron chi connectivity index (χ0n) is 25.2. The van der Waals surface area contributed by atoms with Crippen molar-refractivity contribution in [3.05, 3.63) is 65.6 Å². The summed E-state index contributed by atoms with van der Waals surface area (Å²) >= 11 is 0. The molecule has 1 amide bonds. The average molecular weight is 608 g/mol. The number of aromatic nitrogens is 4. The molecule has 232 valence electrons. The molecular weight excluding hydrogens is 571 g/mol. The summed E-state index contributed by atoms with van der Waals surface area (Å²) < 4.78 is 41.3. The summed E-state index contributed by atoms with van der Waals surface area (Å²) in [5.74, 6) is 0.531. The Bertz CT molecular complexity index is 1640. The first-order chi connectivity index (χ1) is 21.0. The summed E-state index contributed by atoms with van der Waals surface area (Å²) in [6.45, 7) is 4.82. The van der Waals surface area contributed by atoms with Crippen LogP contribution in [0.15, 0.2) is 48.9 Å². The number of nitrogens with zero attached hydrogens (tertiary/aromatic N) is 7. The molecule has 1 aliphatic rings. The van der Waals surface area contributed by atoms with Gasteiger partial charge in [-0.25, -0.2) is 19.9 Å². The fourth-order valence-corrected chi connectivity index (χ4v) is 4.96. The SMILES string of the molecule is Cc1ccc(C(=O)Nc2cc(N(C)CCN(C)C)cc(C(F)(F)F)c2)cc1Nc1ncnc2cnc(N3CCCCC3)nc12. The molecule has 0 atom stereocenters. The van der Waals surface area contributed by atoms with Crippen LogP contribution in [-0.2, 0) is 6.18 Å². The molecule has 0 spiro atoms. The van der Waals surface area contributed by atoms with Crippen molar-refractivity contribution < 1.29 is 18.0 Å². The van der Waals surface area contributed by atoms with Crippen LogP contribution >= 0.6 is 0 Å². The Labute approximate surface area is 254 Å². The van der Waals surface area contributed by atoms with Crippen molar-refractivity contribution in [3.63, 3.8) is 0 Å². The fourth-order valence-electron chi connectivity index (χ4n) is 4.96. The molecule has 0 aliphatic carbocycles. The minimum Gasteiger partial charge on any atom is -0.373 e. The van der Waals surface area contributed by atoms with E-state index in [-0.39, 0.29) is 11.3 Å². The summed E-state index contributed by atoms with van der Waals surface area (Å²) in [5, 5.41) is 5.94. The molecule has 0 radical (unpaired) electrons. The molecule has 4 aromatic rings. The van der Waals surface area contributed by atoms with Crippen molar-refractivity contribution in [2.24, 2.45) is 0 Å². The Morgan fingerprint density at radius 2 is 1.75 bits per heavy atom. The minimum atomic E-state index is -4.57. The number of alkyl halides is 3. The van der Waals surface area contributed by atoms with Crippen molar-refractivity contribution in [2.45, 2.75) is 32.4 Å². The molecule has 1 fully saturated rings. The van der Waals surface area contributed by atoms with Crippen LogP contribution in [0.3, 0.4) is 0 Å². The van der Waals surface area contributed by atoms with Gasteiger partial charge in [0.05, 0.1) is 11.8 Å². The van der Waals surface area contributed by atoms with Crippen molar-refractivity contribution >= 4 is 45.8 Å². The lowest BCUT2D eigenvalue weighted by Gasteiger charge is -2.26. The Hall–Kier alpha value is -4.52. The monoisotopic (exact) mass is 607 g/mol. The maximum Gasteiger partial charge on any atom is 0.416 e. The van der Waals surface area contributed by atoms with Gasteiger partial charge in [0.2, 0.25) is 5.95 Å². The summed E-state index contributed by atoms with van der Waals surface area (Å²) in [7, 11) is 5.51. The number of carbonyl (C=O) groups excluding carboxylic acids is 1. The van der Waals surface area contributed by atoms with Crippen LogP contribution < -0.4 is 20.4 Å². The van der Waals surface area contributed by atoms with E-state index in [1.807, 2.05) is 25.9 Å². The van der Waals surface area contributed by atoms with E-state index >= 15 is 0 Å². The van der Waals surface area contributed by atoms with E-state index in [1.54, 1.807) is 42.4 Å². The first kappa shape index (κ1) is 30.9. The molecule has 44 heavy (non-hydrogen) atoms. The van der Waals surface area contributed by atoms with Gasteiger partial charge in [-0.1, -0.05) is 6.07 Å². The lowest BCUT2D eigenvalue weighted by atomic mass is 10.1. The van der Waals surface area contributed by atoms with E-state index in [0.29, 0.717) is 47.3 Å². The van der Waals surface area contributed by atoms with Crippen LogP contribution in [0.4, 0.5) is 42.0 Å². The molecule has 2 aromatic carbocycles. The molecule has 3 heterocycles. The first-order valence-electron chi connectivity index (χ1n) is 14.5. The number of anilines is 5. The van der Waals surface area contributed by atoms with Crippen LogP contribution in [0.5, 0.6) is 0 Å². The standard InChI is InChI=1S/C31H36F3N9O/c1-20-8-9-21(29(44)38-23-15-22(31(32,33)34)16-24(17-23)42(4)13-12-41(2)3)14-25(20)39-28-27-26(36-19-37-28)18-35-30(40-27)43-10-6-5-7-11-43/h8-9,14-19H,5-7,10-13H2,1-4H3,(H,38,44)(H,36,37,39). The first-order valence-corrected chi connectivity index (χ1v) is 14.5. The molecule has 13 heteroatoms. The largest absolute Gasteiger partial charge is 0.416 e. The van der Waals surface area contributed by atoms with Crippen LogP contribution in [0, 0.1) is 6.92 Å². The lowest BCUT2D eigenvalue weighted by Crippen LogP contribution is -2.31. The van der Waals surface area contributed by atoms with E-state index in [0.717, 1.165) is 43.6 Å². The van der Waals surface area contributed by atoms with E-state index in [4.69, 9.17) is 4.98 Å². The Morgan fingerprint density at radius 3 is 2.48 bits per heavy atom. The van der Waals surface area contributed by atoms with E-state index in [9.17, 15) is 18.0 Å². The number of nitrogens with one attached hydrogen (secondary N) is 2. The highest BCUT2D eigenvalue weighted by molar-refractivity contribution is 6.05. The zero-order valence-corrected chi connectivity index (χ0v) is 25.2. The van der Waals surface area contributed by atoms with Gasteiger partial charge in [-0.05, 0) is 76.2 Å². The highest BCUT2D eigenvalue weighted by Crippen LogP contribution is 2.35. The van der Waals surface area contributed by atoms with E-state index in [2.05, 4.69) is 30.5 Å². The second kappa shape index (κ2) is 13.0.